The maximum absolute atomic E-state index is 13.7. The van der Waals surface area contributed by atoms with E-state index in [2.05, 4.69) is 5.32 Å². The molecule has 1 aliphatic rings. The molecule has 1 fully saturated rings. The lowest BCUT2D eigenvalue weighted by atomic mass is 9.79. The van der Waals surface area contributed by atoms with Crippen LogP contribution in [0.3, 0.4) is 0 Å². The van der Waals surface area contributed by atoms with Gasteiger partial charge in [0.2, 0.25) is 5.91 Å². The summed E-state index contributed by atoms with van der Waals surface area (Å²) in [5.74, 6) is -1.12. The molecule has 1 atom stereocenters. The number of halogens is 1. The molecular weight excluding hydrogens is 285 g/mol. The minimum absolute atomic E-state index is 0.0197. The van der Waals surface area contributed by atoms with Gasteiger partial charge < -0.3 is 16.0 Å². The lowest BCUT2D eigenvalue weighted by Gasteiger charge is -2.42. The number of nitrogens with one attached hydrogen (secondary N) is 1. The highest BCUT2D eigenvalue weighted by Crippen LogP contribution is 2.29. The zero-order valence-corrected chi connectivity index (χ0v) is 13.1. The van der Waals surface area contributed by atoms with Crippen molar-refractivity contribution < 1.29 is 14.0 Å². The number of anilines is 1. The zero-order chi connectivity index (χ0) is 16.5. The van der Waals surface area contributed by atoms with E-state index in [4.69, 9.17) is 5.73 Å². The molecule has 2 rings (SSSR count). The summed E-state index contributed by atoms with van der Waals surface area (Å²) < 4.78 is 13.7. The lowest BCUT2D eigenvalue weighted by molar-refractivity contribution is -0.114. The van der Waals surface area contributed by atoms with E-state index in [1.54, 1.807) is 4.90 Å². The predicted octanol–water partition coefficient (Wildman–Crippen LogP) is 1.98. The number of rotatable bonds is 2. The van der Waals surface area contributed by atoms with Gasteiger partial charge in [-0.25, -0.2) is 4.39 Å². The number of nitrogens with two attached hydrogens (primary N) is 1. The first kappa shape index (κ1) is 16.4. The molecule has 1 heterocycles. The van der Waals surface area contributed by atoms with Gasteiger partial charge in [-0.1, -0.05) is 13.8 Å². The summed E-state index contributed by atoms with van der Waals surface area (Å²) in [6, 6.07) is 4.06. The van der Waals surface area contributed by atoms with E-state index in [9.17, 15) is 14.0 Å². The molecule has 3 N–H and O–H groups in total. The normalized spacial score (nSPS) is 20.6. The molecule has 0 spiro atoms. The van der Waals surface area contributed by atoms with Crippen molar-refractivity contribution in [2.24, 2.45) is 11.1 Å². The Bertz CT molecular complexity index is 601. The fourth-order valence-electron chi connectivity index (χ4n) is 2.67. The summed E-state index contributed by atoms with van der Waals surface area (Å²) in [5.41, 5.74) is 6.30. The second-order valence-electron chi connectivity index (χ2n) is 6.49. The van der Waals surface area contributed by atoms with Gasteiger partial charge in [0.25, 0.3) is 5.91 Å². The molecule has 22 heavy (non-hydrogen) atoms. The van der Waals surface area contributed by atoms with E-state index in [0.717, 1.165) is 6.42 Å². The number of carbonyl (C=O) groups excluding carboxylic acids is 2. The van der Waals surface area contributed by atoms with Crippen LogP contribution in [0, 0.1) is 11.2 Å². The van der Waals surface area contributed by atoms with Gasteiger partial charge in [-0.3, -0.25) is 9.59 Å². The van der Waals surface area contributed by atoms with Gasteiger partial charge in [-0.05, 0) is 30.0 Å². The van der Waals surface area contributed by atoms with Gasteiger partial charge in [0.05, 0.1) is 5.69 Å². The van der Waals surface area contributed by atoms with Crippen molar-refractivity contribution in [3.05, 3.63) is 29.6 Å². The van der Waals surface area contributed by atoms with Crippen LogP contribution in [0.4, 0.5) is 10.1 Å². The minimum atomic E-state index is -0.562. The smallest absolute Gasteiger partial charge is 0.253 e. The van der Waals surface area contributed by atoms with Crippen molar-refractivity contribution in [3.8, 4) is 0 Å². The van der Waals surface area contributed by atoms with Gasteiger partial charge in [-0.2, -0.15) is 0 Å². The molecule has 0 saturated carbocycles. The molecule has 0 bridgehead atoms. The predicted molar refractivity (Wildman–Crippen MR) is 83.0 cm³/mol. The topological polar surface area (TPSA) is 75.4 Å². The number of nitrogens with zero attached hydrogens (tertiary/aromatic N) is 1. The van der Waals surface area contributed by atoms with Crippen molar-refractivity contribution in [2.45, 2.75) is 33.2 Å². The highest BCUT2D eigenvalue weighted by molar-refractivity contribution is 5.97. The lowest BCUT2D eigenvalue weighted by Crippen LogP contribution is -2.54. The number of benzene rings is 1. The third kappa shape index (κ3) is 3.44. The van der Waals surface area contributed by atoms with Crippen LogP contribution in [0.2, 0.25) is 0 Å². The van der Waals surface area contributed by atoms with E-state index in [1.165, 1.54) is 25.1 Å². The molecule has 5 nitrogen and oxygen atoms in total. The fraction of sp³-hybridized carbons (Fsp3) is 0.500. The first-order valence-corrected chi connectivity index (χ1v) is 7.33. The van der Waals surface area contributed by atoms with Gasteiger partial charge >= 0.3 is 0 Å². The molecule has 120 valence electrons. The van der Waals surface area contributed by atoms with E-state index in [1.807, 2.05) is 13.8 Å². The molecule has 2 amide bonds. The van der Waals surface area contributed by atoms with Gasteiger partial charge in [-0.15, -0.1) is 0 Å². The summed E-state index contributed by atoms with van der Waals surface area (Å²) in [6.07, 6.45) is 0.735. The Morgan fingerprint density at radius 1 is 1.41 bits per heavy atom. The third-order valence-electron chi connectivity index (χ3n) is 4.12. The Hall–Kier alpha value is -1.95. The van der Waals surface area contributed by atoms with Crippen molar-refractivity contribution in [2.75, 3.05) is 18.4 Å². The Morgan fingerprint density at radius 3 is 2.68 bits per heavy atom. The van der Waals surface area contributed by atoms with Crippen molar-refractivity contribution in [1.82, 2.24) is 4.90 Å². The Balaban J connectivity index is 2.21. The molecule has 0 radical (unpaired) electrons. The highest BCUT2D eigenvalue weighted by Gasteiger charge is 2.35. The number of hydrogen-bond donors (Lipinski definition) is 2. The number of hydrogen-bond acceptors (Lipinski definition) is 3. The molecule has 0 aliphatic carbocycles. The maximum atomic E-state index is 13.7. The second-order valence-corrected chi connectivity index (χ2v) is 6.49. The third-order valence-corrected chi connectivity index (χ3v) is 4.12. The first-order chi connectivity index (χ1) is 10.2. The Kier molecular flexibility index (Phi) is 4.51. The van der Waals surface area contributed by atoms with Gasteiger partial charge in [0.15, 0.2) is 0 Å². The summed E-state index contributed by atoms with van der Waals surface area (Å²) in [5, 5.41) is 2.39. The quantitative estimate of drug-likeness (QED) is 0.877. The van der Waals surface area contributed by atoms with Crippen LogP contribution in [0.25, 0.3) is 0 Å². The summed E-state index contributed by atoms with van der Waals surface area (Å²) >= 11 is 0. The molecule has 1 aliphatic heterocycles. The van der Waals surface area contributed by atoms with Crippen LogP contribution in [0.5, 0.6) is 0 Å². The zero-order valence-electron chi connectivity index (χ0n) is 13.1. The first-order valence-electron chi connectivity index (χ1n) is 7.33. The van der Waals surface area contributed by atoms with Crippen LogP contribution < -0.4 is 11.1 Å². The van der Waals surface area contributed by atoms with Crippen molar-refractivity contribution in [1.29, 1.82) is 0 Å². The SMILES string of the molecule is CC(=O)Nc1cc(C(=O)N2CCC(N)C(C)(C)C2)ccc1F. The second kappa shape index (κ2) is 6.04. The van der Waals surface area contributed by atoms with E-state index in [0.29, 0.717) is 18.7 Å². The average Bonchev–Trinajstić information content (AvgIpc) is 2.43. The summed E-state index contributed by atoms with van der Waals surface area (Å²) in [7, 11) is 0. The van der Waals surface area contributed by atoms with Crippen LogP contribution in [0.1, 0.15) is 37.6 Å². The van der Waals surface area contributed by atoms with Crippen LogP contribution in [-0.4, -0.2) is 35.8 Å². The molecular formula is C16H22FN3O2. The maximum Gasteiger partial charge on any atom is 0.253 e. The van der Waals surface area contributed by atoms with Gasteiger partial charge in [0.1, 0.15) is 5.82 Å². The Labute approximate surface area is 129 Å². The summed E-state index contributed by atoms with van der Waals surface area (Å²) in [4.78, 5) is 25.4. The number of carbonyl (C=O) groups is 2. The molecule has 1 unspecified atom stereocenters. The monoisotopic (exact) mass is 307 g/mol. The minimum Gasteiger partial charge on any atom is -0.338 e. The highest BCUT2D eigenvalue weighted by atomic mass is 19.1. The van der Waals surface area contributed by atoms with Crippen molar-refractivity contribution >= 4 is 17.5 Å². The van der Waals surface area contributed by atoms with Crippen LogP contribution >= 0.6 is 0 Å². The standard InChI is InChI=1S/C16H22FN3O2/c1-10(21)19-13-8-11(4-5-12(13)17)15(22)20-7-6-14(18)16(2,3)9-20/h4-5,8,14H,6-7,9,18H2,1-3H3,(H,19,21). The Morgan fingerprint density at radius 2 is 2.09 bits per heavy atom. The van der Waals surface area contributed by atoms with Crippen LogP contribution in [-0.2, 0) is 4.79 Å². The number of likely N-dealkylation sites (tertiary alicyclic amines) is 1. The number of amides is 2. The molecule has 1 saturated heterocycles. The number of piperidine rings is 1. The van der Waals surface area contributed by atoms with Crippen molar-refractivity contribution in [3.63, 3.8) is 0 Å². The molecule has 1 aromatic carbocycles. The van der Waals surface area contributed by atoms with E-state index >= 15 is 0 Å². The molecule has 1 aromatic rings. The van der Waals surface area contributed by atoms with E-state index in [-0.39, 0.29) is 29.0 Å². The van der Waals surface area contributed by atoms with Gasteiger partial charge in [0, 0.05) is 31.6 Å². The largest absolute Gasteiger partial charge is 0.338 e. The fourth-order valence-corrected chi connectivity index (χ4v) is 2.67. The van der Waals surface area contributed by atoms with Crippen LogP contribution in [0.15, 0.2) is 18.2 Å². The summed E-state index contributed by atoms with van der Waals surface area (Å²) in [6.45, 7) is 6.49. The van der Waals surface area contributed by atoms with E-state index < -0.39 is 5.82 Å². The molecule has 6 heteroatoms. The average molecular weight is 307 g/mol. The molecule has 0 aromatic heterocycles.